The predicted molar refractivity (Wildman–Crippen MR) is 128 cm³/mol. The van der Waals surface area contributed by atoms with Crippen LogP contribution in [0.4, 0.5) is 5.00 Å². The maximum Gasteiger partial charge on any atom is 0.291 e. The average molecular weight is 457 g/mol. The van der Waals surface area contributed by atoms with E-state index in [1.54, 1.807) is 18.2 Å². The summed E-state index contributed by atoms with van der Waals surface area (Å²) in [7, 11) is 0. The molecule has 3 aromatic heterocycles. The summed E-state index contributed by atoms with van der Waals surface area (Å²) in [6, 6.07) is 20.8. The van der Waals surface area contributed by atoms with E-state index in [-0.39, 0.29) is 17.6 Å². The number of hydrogen-bond donors (Lipinski definition) is 3. The number of aryl methyl sites for hydroxylation is 1. The number of benzene rings is 2. The molecule has 164 valence electrons. The number of para-hydroxylation sites is 2. The van der Waals surface area contributed by atoms with Crippen LogP contribution in [0.15, 0.2) is 77.4 Å². The summed E-state index contributed by atoms with van der Waals surface area (Å²) >= 11 is 1.23. The van der Waals surface area contributed by atoms with E-state index in [4.69, 9.17) is 4.42 Å². The van der Waals surface area contributed by atoms with Gasteiger partial charge in [0.05, 0.1) is 27.2 Å². The molecule has 0 saturated carbocycles. The van der Waals surface area contributed by atoms with E-state index in [1.165, 1.54) is 17.6 Å². The Morgan fingerprint density at radius 3 is 2.61 bits per heavy atom. The van der Waals surface area contributed by atoms with Gasteiger partial charge in [-0.25, -0.2) is 4.98 Å². The van der Waals surface area contributed by atoms with Crippen LogP contribution >= 0.6 is 11.3 Å². The van der Waals surface area contributed by atoms with Gasteiger partial charge in [-0.3, -0.25) is 9.59 Å². The van der Waals surface area contributed by atoms with E-state index in [9.17, 15) is 9.59 Å². The van der Waals surface area contributed by atoms with Gasteiger partial charge in [-0.15, -0.1) is 11.3 Å². The summed E-state index contributed by atoms with van der Waals surface area (Å²) < 4.78 is 5.10. The Morgan fingerprint density at radius 1 is 1.03 bits per heavy atom. The Bertz CT molecular complexity index is 1400. The SMILES string of the molecule is Cc1cc(NC(=O)c2ccco2)sc1C(=O)NCc1ccc(-c2nc3ccccc3[nH]2)cc1. The highest BCUT2D eigenvalue weighted by Crippen LogP contribution is 2.27. The van der Waals surface area contributed by atoms with Crippen molar-refractivity contribution in [3.05, 3.63) is 94.8 Å². The maximum absolute atomic E-state index is 12.7. The number of rotatable bonds is 6. The van der Waals surface area contributed by atoms with Crippen LogP contribution in [0.25, 0.3) is 22.4 Å². The van der Waals surface area contributed by atoms with Gasteiger partial charge in [0.1, 0.15) is 5.82 Å². The average Bonchev–Trinajstić information content (AvgIpc) is 3.57. The molecule has 2 amide bonds. The van der Waals surface area contributed by atoms with Crippen LogP contribution in [0.5, 0.6) is 0 Å². The Hall–Kier alpha value is -4.17. The normalized spacial score (nSPS) is 10.9. The Balaban J connectivity index is 1.22. The molecule has 8 heteroatoms. The molecule has 0 aliphatic carbocycles. The number of furan rings is 1. The third-order valence-corrected chi connectivity index (χ3v) is 6.33. The number of nitrogens with one attached hydrogen (secondary N) is 3. The Labute approximate surface area is 193 Å². The standard InChI is InChI=1S/C25H20N4O3S/c1-15-13-21(29-24(30)20-7-4-12-32-20)33-22(15)25(31)26-14-16-8-10-17(11-9-16)23-27-18-5-2-3-6-19(18)28-23/h2-13H,14H2,1H3,(H,26,31)(H,27,28)(H,29,30). The summed E-state index contributed by atoms with van der Waals surface area (Å²) in [5.41, 5.74) is 4.67. The van der Waals surface area contributed by atoms with E-state index in [1.807, 2.05) is 55.5 Å². The molecule has 0 radical (unpaired) electrons. The van der Waals surface area contributed by atoms with Gasteiger partial charge in [0.15, 0.2) is 5.76 Å². The van der Waals surface area contributed by atoms with Crippen molar-refractivity contribution in [2.75, 3.05) is 5.32 Å². The molecule has 0 aliphatic rings. The van der Waals surface area contributed by atoms with Crippen LogP contribution in [-0.2, 0) is 6.54 Å². The second kappa shape index (κ2) is 8.76. The minimum atomic E-state index is -0.349. The van der Waals surface area contributed by atoms with Gasteiger partial charge in [-0.05, 0) is 48.4 Å². The number of carbonyl (C=O) groups excluding carboxylic acids is 2. The monoisotopic (exact) mass is 456 g/mol. The molecular formula is C25H20N4O3S. The van der Waals surface area contributed by atoms with Crippen LogP contribution in [0.1, 0.15) is 31.4 Å². The first-order valence-electron chi connectivity index (χ1n) is 10.3. The molecule has 0 atom stereocenters. The molecule has 5 aromatic rings. The lowest BCUT2D eigenvalue weighted by atomic mass is 10.1. The van der Waals surface area contributed by atoms with E-state index in [0.29, 0.717) is 16.4 Å². The van der Waals surface area contributed by atoms with Crippen molar-refractivity contribution in [3.63, 3.8) is 0 Å². The van der Waals surface area contributed by atoms with Crippen LogP contribution in [0, 0.1) is 6.92 Å². The molecule has 33 heavy (non-hydrogen) atoms. The van der Waals surface area contributed by atoms with Crippen LogP contribution in [-0.4, -0.2) is 21.8 Å². The summed E-state index contributed by atoms with van der Waals surface area (Å²) in [5, 5.41) is 6.30. The topological polar surface area (TPSA) is 100 Å². The van der Waals surface area contributed by atoms with E-state index in [2.05, 4.69) is 20.6 Å². The fourth-order valence-corrected chi connectivity index (χ4v) is 4.47. The number of hydrogen-bond acceptors (Lipinski definition) is 5. The quantitative estimate of drug-likeness (QED) is 0.320. The van der Waals surface area contributed by atoms with Crippen LogP contribution in [0.2, 0.25) is 0 Å². The van der Waals surface area contributed by atoms with Gasteiger partial charge in [0.25, 0.3) is 11.8 Å². The first-order chi connectivity index (χ1) is 16.1. The van der Waals surface area contributed by atoms with Crippen LogP contribution < -0.4 is 10.6 Å². The molecule has 3 N–H and O–H groups in total. The number of aromatic amines is 1. The van der Waals surface area contributed by atoms with Crippen molar-refractivity contribution in [2.45, 2.75) is 13.5 Å². The Morgan fingerprint density at radius 2 is 1.85 bits per heavy atom. The largest absolute Gasteiger partial charge is 0.459 e. The molecule has 0 spiro atoms. The third kappa shape index (κ3) is 4.42. The lowest BCUT2D eigenvalue weighted by molar-refractivity contribution is 0.0953. The van der Waals surface area contributed by atoms with Gasteiger partial charge in [-0.1, -0.05) is 36.4 Å². The summed E-state index contributed by atoms with van der Waals surface area (Å²) in [5.74, 6) is 0.498. The van der Waals surface area contributed by atoms with E-state index >= 15 is 0 Å². The lowest BCUT2D eigenvalue weighted by Gasteiger charge is -2.06. The molecule has 2 aromatic carbocycles. The highest BCUT2D eigenvalue weighted by molar-refractivity contribution is 7.18. The first-order valence-corrected chi connectivity index (χ1v) is 11.2. The summed E-state index contributed by atoms with van der Waals surface area (Å²) in [6.07, 6.45) is 1.44. The zero-order valence-electron chi connectivity index (χ0n) is 17.7. The minimum absolute atomic E-state index is 0.183. The number of amides is 2. The Kier molecular flexibility index (Phi) is 5.50. The first kappa shape index (κ1) is 20.7. The summed E-state index contributed by atoms with van der Waals surface area (Å²) in [4.78, 5) is 33.4. The molecule has 3 heterocycles. The molecule has 0 fully saturated rings. The van der Waals surface area contributed by atoms with Crippen molar-refractivity contribution in [1.82, 2.24) is 15.3 Å². The number of imidazole rings is 1. The zero-order chi connectivity index (χ0) is 22.8. The number of carbonyl (C=O) groups is 2. The number of fused-ring (bicyclic) bond motifs is 1. The van der Waals surface area contributed by atoms with Crippen LogP contribution in [0.3, 0.4) is 0 Å². The minimum Gasteiger partial charge on any atom is -0.459 e. The molecule has 0 aliphatic heterocycles. The number of H-pyrrole nitrogens is 1. The molecular weight excluding hydrogens is 436 g/mol. The van der Waals surface area contributed by atoms with Crippen molar-refractivity contribution < 1.29 is 14.0 Å². The summed E-state index contributed by atoms with van der Waals surface area (Å²) in [6.45, 7) is 2.24. The predicted octanol–water partition coefficient (Wildman–Crippen LogP) is 5.38. The molecule has 7 nitrogen and oxygen atoms in total. The van der Waals surface area contributed by atoms with E-state index < -0.39 is 0 Å². The van der Waals surface area contributed by atoms with Crippen molar-refractivity contribution in [1.29, 1.82) is 0 Å². The number of thiophene rings is 1. The fraction of sp³-hybridized carbons (Fsp3) is 0.0800. The van der Waals surface area contributed by atoms with Gasteiger partial charge >= 0.3 is 0 Å². The highest BCUT2D eigenvalue weighted by atomic mass is 32.1. The van der Waals surface area contributed by atoms with Gasteiger partial charge in [0.2, 0.25) is 0 Å². The second-order valence-corrected chi connectivity index (χ2v) is 8.59. The molecule has 0 bridgehead atoms. The van der Waals surface area contributed by atoms with Crippen molar-refractivity contribution in [3.8, 4) is 11.4 Å². The van der Waals surface area contributed by atoms with Gasteiger partial charge < -0.3 is 20.0 Å². The smallest absolute Gasteiger partial charge is 0.291 e. The fourth-order valence-electron chi connectivity index (χ4n) is 3.48. The van der Waals surface area contributed by atoms with Crippen molar-refractivity contribution >= 4 is 39.2 Å². The molecule has 5 rings (SSSR count). The molecule has 0 saturated heterocycles. The number of aromatic nitrogens is 2. The highest BCUT2D eigenvalue weighted by Gasteiger charge is 2.16. The molecule has 0 unspecified atom stereocenters. The lowest BCUT2D eigenvalue weighted by Crippen LogP contribution is -2.22. The van der Waals surface area contributed by atoms with E-state index in [0.717, 1.165) is 33.5 Å². The second-order valence-electron chi connectivity index (χ2n) is 7.54. The third-order valence-electron chi connectivity index (χ3n) is 5.18. The van der Waals surface area contributed by atoms with Gasteiger partial charge in [-0.2, -0.15) is 0 Å². The number of nitrogens with zero attached hydrogens (tertiary/aromatic N) is 1. The van der Waals surface area contributed by atoms with Crippen molar-refractivity contribution in [2.24, 2.45) is 0 Å². The van der Waals surface area contributed by atoms with Gasteiger partial charge in [0, 0.05) is 12.1 Å². The zero-order valence-corrected chi connectivity index (χ0v) is 18.5. The maximum atomic E-state index is 12.7. The number of anilines is 1.